The summed E-state index contributed by atoms with van der Waals surface area (Å²) in [5.41, 5.74) is 2.59. The highest BCUT2D eigenvalue weighted by atomic mass is 19.4. The first-order valence-corrected chi connectivity index (χ1v) is 9.46. The first kappa shape index (κ1) is 19.9. The Bertz CT molecular complexity index is 1030. The van der Waals surface area contributed by atoms with Crippen LogP contribution in [0.15, 0.2) is 53.1 Å². The van der Waals surface area contributed by atoms with Crippen molar-refractivity contribution in [2.24, 2.45) is 0 Å². The number of carbonyl (C=O) groups excluding carboxylic acids is 1. The Balaban J connectivity index is 1.38. The van der Waals surface area contributed by atoms with Gasteiger partial charge in [0.15, 0.2) is 0 Å². The van der Waals surface area contributed by atoms with E-state index in [1.165, 1.54) is 24.3 Å². The molecule has 0 bridgehead atoms. The molecule has 2 aromatic carbocycles. The van der Waals surface area contributed by atoms with Gasteiger partial charge in [-0.25, -0.2) is 0 Å². The number of anilines is 1. The van der Waals surface area contributed by atoms with Gasteiger partial charge < -0.3 is 14.2 Å². The largest absolute Gasteiger partial charge is 0.573 e. The molecule has 3 aromatic rings. The van der Waals surface area contributed by atoms with Crippen molar-refractivity contribution in [3.63, 3.8) is 0 Å². The molecule has 1 aromatic heterocycles. The number of para-hydroxylation sites is 1. The maximum Gasteiger partial charge on any atom is 0.573 e. The smallest absolute Gasteiger partial charge is 0.406 e. The van der Waals surface area contributed by atoms with Gasteiger partial charge in [0.25, 0.3) is 0 Å². The third-order valence-corrected chi connectivity index (χ3v) is 4.78. The molecule has 4 rings (SSSR count). The molecular weight excluding hydrogens is 399 g/mol. The maximum atomic E-state index is 12.7. The van der Waals surface area contributed by atoms with E-state index in [1.807, 2.05) is 24.3 Å². The molecule has 0 saturated heterocycles. The topological polar surface area (TPSA) is 68.5 Å². The Kier molecular flexibility index (Phi) is 5.43. The number of aryl methyl sites for hydroxylation is 2. The van der Waals surface area contributed by atoms with Gasteiger partial charge in [0.2, 0.25) is 17.6 Å². The van der Waals surface area contributed by atoms with E-state index >= 15 is 0 Å². The van der Waals surface area contributed by atoms with Crippen LogP contribution in [0.25, 0.3) is 11.4 Å². The predicted octanol–water partition coefficient (Wildman–Crippen LogP) is 4.55. The highest BCUT2D eigenvalue weighted by molar-refractivity contribution is 5.94. The quantitative estimate of drug-likeness (QED) is 0.609. The zero-order valence-electron chi connectivity index (χ0n) is 15.9. The molecule has 0 fully saturated rings. The summed E-state index contributed by atoms with van der Waals surface area (Å²) >= 11 is 0. The van der Waals surface area contributed by atoms with Crippen molar-refractivity contribution in [3.8, 4) is 17.1 Å². The fourth-order valence-corrected chi connectivity index (χ4v) is 3.42. The van der Waals surface area contributed by atoms with E-state index in [-0.39, 0.29) is 30.3 Å². The fourth-order valence-electron chi connectivity index (χ4n) is 3.42. The predicted molar refractivity (Wildman–Crippen MR) is 102 cm³/mol. The number of rotatable bonds is 5. The van der Waals surface area contributed by atoms with Crippen LogP contribution in [0.1, 0.15) is 24.3 Å². The Morgan fingerprint density at radius 1 is 1.13 bits per heavy atom. The molecule has 156 valence electrons. The van der Waals surface area contributed by atoms with Gasteiger partial charge in [0, 0.05) is 30.6 Å². The maximum absolute atomic E-state index is 12.7. The van der Waals surface area contributed by atoms with E-state index in [0.29, 0.717) is 18.0 Å². The number of carbonyl (C=O) groups is 1. The molecule has 6 nitrogen and oxygen atoms in total. The molecule has 1 amide bonds. The first-order valence-electron chi connectivity index (χ1n) is 9.46. The van der Waals surface area contributed by atoms with Crippen molar-refractivity contribution in [1.82, 2.24) is 10.1 Å². The molecule has 0 unspecified atom stereocenters. The average molecular weight is 417 g/mol. The Labute approximate surface area is 170 Å². The number of hydrogen-bond acceptors (Lipinski definition) is 5. The van der Waals surface area contributed by atoms with Crippen LogP contribution in [-0.4, -0.2) is 29.0 Å². The summed E-state index contributed by atoms with van der Waals surface area (Å²) in [7, 11) is 0. The molecule has 9 heteroatoms. The van der Waals surface area contributed by atoms with Gasteiger partial charge in [-0.3, -0.25) is 4.79 Å². The van der Waals surface area contributed by atoms with Crippen LogP contribution in [0.4, 0.5) is 18.9 Å². The van der Waals surface area contributed by atoms with Gasteiger partial charge in [-0.1, -0.05) is 23.4 Å². The number of ether oxygens (including phenoxy) is 1. The number of halogens is 3. The number of aromatic nitrogens is 2. The minimum atomic E-state index is -4.75. The Hall–Kier alpha value is -3.36. The van der Waals surface area contributed by atoms with Crippen LogP contribution < -0.4 is 9.64 Å². The number of nitrogens with zero attached hydrogens (tertiary/aromatic N) is 3. The summed E-state index contributed by atoms with van der Waals surface area (Å²) in [5.74, 6) is 0.177. The van der Waals surface area contributed by atoms with Crippen molar-refractivity contribution in [3.05, 3.63) is 60.0 Å². The van der Waals surface area contributed by atoms with Crippen LogP contribution in [0, 0.1) is 0 Å². The molecule has 1 aliphatic rings. The SMILES string of the molecule is O=C(CCc1nc(-c2ccc(OC(F)(F)F)cc2)no1)N1CCCc2ccccc21. The molecule has 0 saturated carbocycles. The minimum absolute atomic E-state index is 0.0180. The normalized spacial score (nSPS) is 13.8. The van der Waals surface area contributed by atoms with E-state index in [4.69, 9.17) is 4.52 Å². The van der Waals surface area contributed by atoms with E-state index in [1.54, 1.807) is 4.90 Å². The molecule has 1 aliphatic heterocycles. The third-order valence-electron chi connectivity index (χ3n) is 4.78. The van der Waals surface area contributed by atoms with Gasteiger partial charge in [-0.05, 0) is 48.7 Å². The second kappa shape index (κ2) is 8.17. The summed E-state index contributed by atoms with van der Waals surface area (Å²) < 4.78 is 45.8. The average Bonchev–Trinajstić information content (AvgIpc) is 3.20. The van der Waals surface area contributed by atoms with E-state index < -0.39 is 6.36 Å². The summed E-state index contributed by atoms with van der Waals surface area (Å²) in [5, 5.41) is 3.84. The lowest BCUT2D eigenvalue weighted by Crippen LogP contribution is -2.35. The summed E-state index contributed by atoms with van der Waals surface area (Å²) in [4.78, 5) is 18.7. The second-order valence-corrected chi connectivity index (χ2v) is 6.86. The molecule has 0 atom stereocenters. The molecule has 0 N–H and O–H groups in total. The molecule has 0 radical (unpaired) electrons. The number of benzene rings is 2. The fraction of sp³-hybridized carbons (Fsp3) is 0.286. The van der Waals surface area contributed by atoms with E-state index in [9.17, 15) is 18.0 Å². The Morgan fingerprint density at radius 2 is 1.90 bits per heavy atom. The van der Waals surface area contributed by atoms with Gasteiger partial charge in [0.1, 0.15) is 5.75 Å². The Morgan fingerprint density at radius 3 is 2.67 bits per heavy atom. The summed E-state index contributed by atoms with van der Waals surface area (Å²) in [6.45, 7) is 0.678. The highest BCUT2D eigenvalue weighted by Gasteiger charge is 2.31. The van der Waals surface area contributed by atoms with Crippen LogP contribution in [0.2, 0.25) is 0 Å². The van der Waals surface area contributed by atoms with Crippen molar-refractivity contribution >= 4 is 11.6 Å². The van der Waals surface area contributed by atoms with E-state index in [2.05, 4.69) is 14.9 Å². The lowest BCUT2D eigenvalue weighted by Gasteiger charge is -2.29. The molecule has 0 spiro atoms. The van der Waals surface area contributed by atoms with Crippen molar-refractivity contribution in [2.45, 2.75) is 32.0 Å². The van der Waals surface area contributed by atoms with Crippen molar-refractivity contribution in [1.29, 1.82) is 0 Å². The van der Waals surface area contributed by atoms with Gasteiger partial charge in [0.05, 0.1) is 0 Å². The van der Waals surface area contributed by atoms with E-state index in [0.717, 1.165) is 24.1 Å². The number of hydrogen-bond donors (Lipinski definition) is 0. The monoisotopic (exact) mass is 417 g/mol. The molecule has 30 heavy (non-hydrogen) atoms. The minimum Gasteiger partial charge on any atom is -0.406 e. The molecule has 2 heterocycles. The number of alkyl halides is 3. The third kappa shape index (κ3) is 4.61. The first-order chi connectivity index (χ1) is 14.4. The van der Waals surface area contributed by atoms with Gasteiger partial charge >= 0.3 is 6.36 Å². The second-order valence-electron chi connectivity index (χ2n) is 6.86. The van der Waals surface area contributed by atoms with Crippen LogP contribution in [0.3, 0.4) is 0 Å². The van der Waals surface area contributed by atoms with Crippen molar-refractivity contribution < 1.29 is 27.2 Å². The lowest BCUT2D eigenvalue weighted by atomic mass is 10.0. The zero-order valence-corrected chi connectivity index (χ0v) is 15.9. The van der Waals surface area contributed by atoms with Crippen LogP contribution >= 0.6 is 0 Å². The molecular formula is C21H18F3N3O3. The zero-order chi connectivity index (χ0) is 21.1. The highest BCUT2D eigenvalue weighted by Crippen LogP contribution is 2.28. The lowest BCUT2D eigenvalue weighted by molar-refractivity contribution is -0.274. The van der Waals surface area contributed by atoms with Gasteiger partial charge in [-0.15, -0.1) is 13.2 Å². The standard InChI is InChI=1S/C21H18F3N3O3/c22-21(23,24)29-16-9-7-15(8-10-16)20-25-18(30-26-20)11-12-19(28)27-13-3-5-14-4-1-2-6-17(14)27/h1-2,4,6-10H,3,5,11-13H2. The number of amides is 1. The van der Waals surface area contributed by atoms with Crippen LogP contribution in [0.5, 0.6) is 5.75 Å². The van der Waals surface area contributed by atoms with Crippen molar-refractivity contribution in [2.75, 3.05) is 11.4 Å². The summed E-state index contributed by atoms with van der Waals surface area (Å²) in [6.07, 6.45) is -2.38. The van der Waals surface area contributed by atoms with Crippen LogP contribution in [-0.2, 0) is 17.6 Å². The molecule has 0 aliphatic carbocycles. The number of fused-ring (bicyclic) bond motifs is 1. The summed E-state index contributed by atoms with van der Waals surface area (Å²) in [6, 6.07) is 13.0. The van der Waals surface area contributed by atoms with Gasteiger partial charge in [-0.2, -0.15) is 4.98 Å².